The Morgan fingerprint density at radius 1 is 1.23 bits per heavy atom. The smallest absolute Gasteiger partial charge is 0.222 e. The molecule has 3 heterocycles. The summed E-state index contributed by atoms with van der Waals surface area (Å²) in [4.78, 5) is 27.0. The maximum absolute atomic E-state index is 11.6. The van der Waals surface area contributed by atoms with Gasteiger partial charge in [0.1, 0.15) is 5.82 Å². The van der Waals surface area contributed by atoms with Crippen LogP contribution in [0.25, 0.3) is 0 Å². The lowest BCUT2D eigenvalue weighted by Crippen LogP contribution is -2.42. The minimum absolute atomic E-state index is 0. The summed E-state index contributed by atoms with van der Waals surface area (Å²) in [7, 11) is 1.75. The summed E-state index contributed by atoms with van der Waals surface area (Å²) >= 11 is 0. The summed E-state index contributed by atoms with van der Waals surface area (Å²) in [5.74, 6) is 1.27. The molecule has 0 aromatic carbocycles. The lowest BCUT2D eigenvalue weighted by atomic mass is 9.97. The first-order valence-electron chi connectivity index (χ1n) is 10.00. The first-order valence-corrected chi connectivity index (χ1v) is 10.00. The largest absolute Gasteiger partial charge is 0.369 e. The summed E-state index contributed by atoms with van der Waals surface area (Å²) < 4.78 is 0. The van der Waals surface area contributed by atoms with Crippen LogP contribution in [0.15, 0.2) is 47.7 Å². The van der Waals surface area contributed by atoms with Crippen molar-refractivity contribution in [3.8, 4) is 0 Å². The second-order valence-electron chi connectivity index (χ2n) is 7.10. The molecular formula is C21H30IN7O. The number of pyridine rings is 2. The van der Waals surface area contributed by atoms with Gasteiger partial charge in [-0.3, -0.25) is 14.8 Å². The highest BCUT2D eigenvalue weighted by atomic mass is 127. The van der Waals surface area contributed by atoms with Crippen molar-refractivity contribution in [1.82, 2.24) is 20.6 Å². The SMILES string of the molecule is CN=C(NCCc1ccccn1)NCc1cccnc1N1CCCC(C(N)=O)C1.I. The first-order chi connectivity index (χ1) is 14.2. The van der Waals surface area contributed by atoms with E-state index in [9.17, 15) is 4.79 Å². The molecule has 1 amide bonds. The van der Waals surface area contributed by atoms with E-state index in [4.69, 9.17) is 5.73 Å². The maximum atomic E-state index is 11.6. The number of nitrogens with two attached hydrogens (primary N) is 1. The number of piperidine rings is 1. The number of rotatable bonds is 7. The van der Waals surface area contributed by atoms with Gasteiger partial charge in [0.2, 0.25) is 5.91 Å². The molecule has 0 saturated carbocycles. The molecule has 3 rings (SSSR count). The van der Waals surface area contributed by atoms with Crippen LogP contribution in [0, 0.1) is 5.92 Å². The number of halogens is 1. The number of hydrogen-bond acceptors (Lipinski definition) is 5. The summed E-state index contributed by atoms with van der Waals surface area (Å²) in [5.41, 5.74) is 7.62. The van der Waals surface area contributed by atoms with Crippen LogP contribution in [0.1, 0.15) is 24.1 Å². The lowest BCUT2D eigenvalue weighted by molar-refractivity contribution is -0.122. The van der Waals surface area contributed by atoms with Crippen LogP contribution in [-0.2, 0) is 17.8 Å². The zero-order valence-corrected chi connectivity index (χ0v) is 19.6. The number of guanidine groups is 1. The second-order valence-corrected chi connectivity index (χ2v) is 7.10. The predicted molar refractivity (Wildman–Crippen MR) is 130 cm³/mol. The van der Waals surface area contributed by atoms with E-state index in [1.54, 1.807) is 19.4 Å². The molecule has 8 nitrogen and oxygen atoms in total. The Bertz CT molecular complexity index is 831. The van der Waals surface area contributed by atoms with Crippen molar-refractivity contribution >= 4 is 41.7 Å². The fourth-order valence-electron chi connectivity index (χ4n) is 3.51. The number of aliphatic imine (C=N–C) groups is 1. The Labute approximate surface area is 194 Å². The third-order valence-corrected chi connectivity index (χ3v) is 5.06. The molecule has 0 spiro atoms. The van der Waals surface area contributed by atoms with Gasteiger partial charge in [0, 0.05) is 63.3 Å². The third kappa shape index (κ3) is 6.82. The molecule has 2 aromatic rings. The van der Waals surface area contributed by atoms with Gasteiger partial charge in [-0.05, 0) is 31.0 Å². The summed E-state index contributed by atoms with van der Waals surface area (Å²) in [6.45, 7) is 2.83. The number of anilines is 1. The lowest BCUT2D eigenvalue weighted by Gasteiger charge is -2.33. The Morgan fingerprint density at radius 2 is 2.07 bits per heavy atom. The molecule has 9 heteroatoms. The van der Waals surface area contributed by atoms with Crippen molar-refractivity contribution in [2.45, 2.75) is 25.8 Å². The van der Waals surface area contributed by atoms with E-state index in [0.29, 0.717) is 13.1 Å². The van der Waals surface area contributed by atoms with Crippen LogP contribution in [0.4, 0.5) is 5.82 Å². The van der Waals surface area contributed by atoms with Crippen molar-refractivity contribution in [1.29, 1.82) is 0 Å². The third-order valence-electron chi connectivity index (χ3n) is 5.06. The van der Waals surface area contributed by atoms with Crippen LogP contribution in [-0.4, -0.2) is 48.5 Å². The Hall–Kier alpha value is -2.43. The van der Waals surface area contributed by atoms with Crippen LogP contribution in [0.5, 0.6) is 0 Å². The van der Waals surface area contributed by atoms with E-state index < -0.39 is 0 Å². The second kappa shape index (κ2) is 12.3. The van der Waals surface area contributed by atoms with E-state index >= 15 is 0 Å². The van der Waals surface area contributed by atoms with Gasteiger partial charge in [0.25, 0.3) is 0 Å². The van der Waals surface area contributed by atoms with Gasteiger partial charge in [-0.25, -0.2) is 4.98 Å². The minimum Gasteiger partial charge on any atom is -0.369 e. The zero-order chi connectivity index (χ0) is 20.5. The number of carbonyl (C=O) groups is 1. The van der Waals surface area contributed by atoms with Gasteiger partial charge < -0.3 is 21.3 Å². The van der Waals surface area contributed by atoms with Crippen molar-refractivity contribution in [3.63, 3.8) is 0 Å². The Morgan fingerprint density at radius 3 is 2.80 bits per heavy atom. The van der Waals surface area contributed by atoms with Gasteiger partial charge in [-0.15, -0.1) is 24.0 Å². The molecule has 0 bridgehead atoms. The zero-order valence-electron chi connectivity index (χ0n) is 17.3. The monoisotopic (exact) mass is 523 g/mol. The molecule has 162 valence electrons. The number of nitrogens with zero attached hydrogens (tertiary/aromatic N) is 4. The Balaban J connectivity index is 0.00000320. The molecule has 1 aliphatic heterocycles. The van der Waals surface area contributed by atoms with Crippen molar-refractivity contribution < 1.29 is 4.79 Å². The van der Waals surface area contributed by atoms with Gasteiger partial charge in [-0.1, -0.05) is 12.1 Å². The van der Waals surface area contributed by atoms with Gasteiger partial charge in [-0.2, -0.15) is 0 Å². The molecule has 1 fully saturated rings. The van der Waals surface area contributed by atoms with Gasteiger partial charge in [0.05, 0.1) is 5.92 Å². The summed E-state index contributed by atoms with van der Waals surface area (Å²) in [6, 6.07) is 9.88. The van der Waals surface area contributed by atoms with E-state index in [2.05, 4.69) is 30.5 Å². The molecule has 1 saturated heterocycles. The topological polar surface area (TPSA) is 109 Å². The average molecular weight is 523 g/mol. The summed E-state index contributed by atoms with van der Waals surface area (Å²) in [6.07, 6.45) is 6.19. The van der Waals surface area contributed by atoms with Crippen molar-refractivity contribution in [2.75, 3.05) is 31.6 Å². The molecular weight excluding hydrogens is 493 g/mol. The number of primary amides is 1. The quantitative estimate of drug-likeness (QED) is 0.290. The van der Waals surface area contributed by atoms with E-state index in [1.165, 1.54) is 0 Å². The standard InChI is InChI=1S/C21H29N7O.HI/c1-23-21(26-12-9-18-8-2-3-10-24-18)27-14-16-6-4-11-25-20(16)28-13-5-7-17(15-28)19(22)29;/h2-4,6,8,10-11,17H,5,7,9,12-15H2,1H3,(H2,22,29)(H2,23,26,27);1H. The van der Waals surface area contributed by atoms with E-state index in [0.717, 1.165) is 55.4 Å². The van der Waals surface area contributed by atoms with Gasteiger partial charge >= 0.3 is 0 Å². The molecule has 1 atom stereocenters. The van der Waals surface area contributed by atoms with E-state index in [1.807, 2.05) is 30.3 Å². The summed E-state index contributed by atoms with van der Waals surface area (Å²) in [5, 5.41) is 6.66. The van der Waals surface area contributed by atoms with Crippen LogP contribution in [0.2, 0.25) is 0 Å². The van der Waals surface area contributed by atoms with Crippen LogP contribution in [0.3, 0.4) is 0 Å². The molecule has 2 aromatic heterocycles. The Kier molecular flexibility index (Phi) is 9.78. The highest BCUT2D eigenvalue weighted by molar-refractivity contribution is 14.0. The number of aromatic nitrogens is 2. The minimum atomic E-state index is -0.234. The van der Waals surface area contributed by atoms with Crippen molar-refractivity contribution in [2.24, 2.45) is 16.6 Å². The highest BCUT2D eigenvalue weighted by Crippen LogP contribution is 2.24. The maximum Gasteiger partial charge on any atom is 0.222 e. The number of hydrogen-bond donors (Lipinski definition) is 3. The predicted octanol–water partition coefficient (Wildman–Crippen LogP) is 1.70. The number of amides is 1. The number of nitrogens with one attached hydrogen (secondary N) is 2. The normalized spacial score (nSPS) is 16.5. The van der Waals surface area contributed by atoms with Gasteiger partial charge in [0.15, 0.2) is 5.96 Å². The average Bonchev–Trinajstić information content (AvgIpc) is 2.77. The molecule has 1 unspecified atom stereocenters. The van der Waals surface area contributed by atoms with Crippen LogP contribution < -0.4 is 21.3 Å². The molecule has 0 aliphatic carbocycles. The molecule has 0 radical (unpaired) electrons. The fraction of sp³-hybridized carbons (Fsp3) is 0.429. The molecule has 30 heavy (non-hydrogen) atoms. The highest BCUT2D eigenvalue weighted by Gasteiger charge is 2.25. The number of carbonyl (C=O) groups excluding carboxylic acids is 1. The van der Waals surface area contributed by atoms with Crippen LogP contribution >= 0.6 is 24.0 Å². The van der Waals surface area contributed by atoms with E-state index in [-0.39, 0.29) is 35.8 Å². The molecule has 4 N–H and O–H groups in total. The van der Waals surface area contributed by atoms with Crippen molar-refractivity contribution in [3.05, 3.63) is 54.0 Å². The fourth-order valence-corrected chi connectivity index (χ4v) is 3.51. The first kappa shape index (κ1) is 23.8. The molecule has 1 aliphatic rings.